The molecule has 1 heterocycles. The van der Waals surface area contributed by atoms with Gasteiger partial charge < -0.3 is 15.0 Å². The van der Waals surface area contributed by atoms with E-state index < -0.39 is 0 Å². The average Bonchev–Trinajstić information content (AvgIpc) is 2.78. The largest absolute Gasteiger partial charge is 0.494 e. The normalized spacial score (nSPS) is 11.0. The lowest BCUT2D eigenvalue weighted by Crippen LogP contribution is -2.00. The molecule has 0 amide bonds. The lowest BCUT2D eigenvalue weighted by molar-refractivity contribution is 0.340. The number of hydrogen-bond donors (Lipinski definition) is 1. The molecule has 0 aliphatic heterocycles. The Bertz CT molecular complexity index is 490. The van der Waals surface area contributed by atoms with Gasteiger partial charge in [0.05, 0.1) is 6.61 Å². The summed E-state index contributed by atoms with van der Waals surface area (Å²) >= 11 is 0. The number of aromatic nitrogens is 1. The molecule has 0 saturated carbocycles. The van der Waals surface area contributed by atoms with Crippen molar-refractivity contribution in [3.8, 4) is 5.75 Å². The maximum Gasteiger partial charge on any atom is 0.120 e. The first-order valence-electron chi connectivity index (χ1n) is 6.77. The van der Waals surface area contributed by atoms with Crippen LogP contribution in [0.25, 0.3) is 10.9 Å². The first kappa shape index (κ1) is 13.0. The average molecular weight is 246 g/mol. The molecule has 3 heteroatoms. The van der Waals surface area contributed by atoms with Crippen LogP contribution in [0.1, 0.15) is 26.2 Å². The van der Waals surface area contributed by atoms with Crippen molar-refractivity contribution in [2.45, 2.75) is 32.7 Å². The van der Waals surface area contributed by atoms with E-state index in [0.717, 1.165) is 25.3 Å². The molecule has 1 aromatic carbocycles. The highest BCUT2D eigenvalue weighted by molar-refractivity contribution is 5.81. The molecule has 0 aliphatic carbocycles. The number of aryl methyl sites for hydroxylation is 1. The predicted molar refractivity (Wildman–Crippen MR) is 76.0 cm³/mol. The minimum absolute atomic E-state index is 0.714. The molecule has 0 bridgehead atoms. The highest BCUT2D eigenvalue weighted by Gasteiger charge is 2.02. The Labute approximate surface area is 109 Å². The van der Waals surface area contributed by atoms with Gasteiger partial charge in [-0.2, -0.15) is 0 Å². The Kier molecular flexibility index (Phi) is 4.65. The topological polar surface area (TPSA) is 40.2 Å². The minimum Gasteiger partial charge on any atom is -0.494 e. The summed E-state index contributed by atoms with van der Waals surface area (Å²) in [6.45, 7) is 4.58. The summed E-state index contributed by atoms with van der Waals surface area (Å²) in [7, 11) is 0. The Morgan fingerprint density at radius 3 is 2.83 bits per heavy atom. The van der Waals surface area contributed by atoms with E-state index in [4.69, 9.17) is 10.5 Å². The van der Waals surface area contributed by atoms with Crippen LogP contribution in [-0.4, -0.2) is 17.7 Å². The molecule has 0 fully saturated rings. The first-order chi connectivity index (χ1) is 8.85. The number of ether oxygens (including phenoxy) is 1. The molecule has 2 rings (SSSR count). The smallest absolute Gasteiger partial charge is 0.120 e. The van der Waals surface area contributed by atoms with E-state index in [0.29, 0.717) is 6.61 Å². The second kappa shape index (κ2) is 6.45. The van der Waals surface area contributed by atoms with Crippen LogP contribution in [0.2, 0.25) is 0 Å². The third-order valence-electron chi connectivity index (χ3n) is 3.16. The molecule has 98 valence electrons. The highest BCUT2D eigenvalue weighted by Crippen LogP contribution is 2.22. The lowest BCUT2D eigenvalue weighted by atomic mass is 10.2. The van der Waals surface area contributed by atoms with Crippen LogP contribution in [-0.2, 0) is 6.54 Å². The molecule has 0 spiro atoms. The van der Waals surface area contributed by atoms with E-state index >= 15 is 0 Å². The Morgan fingerprint density at radius 1 is 1.17 bits per heavy atom. The number of hydrogen-bond acceptors (Lipinski definition) is 2. The lowest BCUT2D eigenvalue weighted by Gasteiger charge is -2.06. The number of nitrogens with two attached hydrogens (primary N) is 1. The fourth-order valence-corrected chi connectivity index (χ4v) is 2.23. The second-order valence-corrected chi connectivity index (χ2v) is 4.51. The van der Waals surface area contributed by atoms with Gasteiger partial charge in [0.25, 0.3) is 0 Å². The van der Waals surface area contributed by atoms with Crippen molar-refractivity contribution in [3.05, 3.63) is 30.5 Å². The van der Waals surface area contributed by atoms with E-state index in [1.165, 1.54) is 23.7 Å². The summed E-state index contributed by atoms with van der Waals surface area (Å²) in [5.41, 5.74) is 6.79. The van der Waals surface area contributed by atoms with Gasteiger partial charge in [0.2, 0.25) is 0 Å². The summed E-state index contributed by atoms with van der Waals surface area (Å²) in [6, 6.07) is 8.45. The molecule has 0 saturated heterocycles. The second-order valence-electron chi connectivity index (χ2n) is 4.51. The summed E-state index contributed by atoms with van der Waals surface area (Å²) < 4.78 is 7.82. The molecular formula is C15H22N2O. The van der Waals surface area contributed by atoms with Crippen molar-refractivity contribution in [1.82, 2.24) is 4.57 Å². The molecule has 0 radical (unpaired) electrons. The molecule has 2 aromatic rings. The van der Waals surface area contributed by atoms with Gasteiger partial charge in [-0.3, -0.25) is 0 Å². The van der Waals surface area contributed by atoms with E-state index in [-0.39, 0.29) is 0 Å². The minimum atomic E-state index is 0.714. The van der Waals surface area contributed by atoms with E-state index in [1.54, 1.807) is 0 Å². The van der Waals surface area contributed by atoms with Crippen LogP contribution in [0, 0.1) is 0 Å². The summed E-state index contributed by atoms with van der Waals surface area (Å²) in [5, 5.41) is 1.25. The highest BCUT2D eigenvalue weighted by atomic mass is 16.5. The van der Waals surface area contributed by atoms with Crippen molar-refractivity contribution in [2.75, 3.05) is 13.2 Å². The molecule has 0 aliphatic rings. The fraction of sp³-hybridized carbons (Fsp3) is 0.467. The zero-order valence-corrected chi connectivity index (χ0v) is 11.1. The number of rotatable bonds is 7. The van der Waals surface area contributed by atoms with Gasteiger partial charge >= 0.3 is 0 Å². The van der Waals surface area contributed by atoms with Crippen molar-refractivity contribution < 1.29 is 4.74 Å². The zero-order valence-electron chi connectivity index (χ0n) is 11.1. The summed E-state index contributed by atoms with van der Waals surface area (Å²) in [4.78, 5) is 0. The van der Waals surface area contributed by atoms with Gasteiger partial charge in [-0.15, -0.1) is 0 Å². The van der Waals surface area contributed by atoms with E-state index in [2.05, 4.69) is 29.0 Å². The molecule has 0 atom stereocenters. The number of unbranched alkanes of at least 4 members (excludes halogenated alkanes) is 2. The summed E-state index contributed by atoms with van der Waals surface area (Å²) in [6.07, 6.45) is 5.66. The van der Waals surface area contributed by atoms with Crippen LogP contribution in [0.3, 0.4) is 0 Å². The van der Waals surface area contributed by atoms with Crippen LogP contribution in [0.15, 0.2) is 30.5 Å². The monoisotopic (exact) mass is 246 g/mol. The maximum atomic E-state index is 5.51. The van der Waals surface area contributed by atoms with E-state index in [9.17, 15) is 0 Å². The molecule has 2 N–H and O–H groups in total. The van der Waals surface area contributed by atoms with Crippen molar-refractivity contribution in [2.24, 2.45) is 5.73 Å². The van der Waals surface area contributed by atoms with Crippen LogP contribution in [0.5, 0.6) is 5.75 Å². The van der Waals surface area contributed by atoms with Crippen molar-refractivity contribution in [1.29, 1.82) is 0 Å². The maximum absolute atomic E-state index is 5.51. The zero-order chi connectivity index (χ0) is 12.8. The SMILES string of the molecule is CCOc1ccc2c(ccn2CCCCCN)c1. The third kappa shape index (κ3) is 3.05. The molecule has 3 nitrogen and oxygen atoms in total. The quantitative estimate of drug-likeness (QED) is 0.762. The number of benzene rings is 1. The molecule has 1 aromatic heterocycles. The number of nitrogens with zero attached hydrogens (tertiary/aromatic N) is 1. The van der Waals surface area contributed by atoms with Gasteiger partial charge in [0.1, 0.15) is 5.75 Å². The number of fused-ring (bicyclic) bond motifs is 1. The summed E-state index contributed by atoms with van der Waals surface area (Å²) in [5.74, 6) is 0.950. The third-order valence-corrected chi connectivity index (χ3v) is 3.16. The fourth-order valence-electron chi connectivity index (χ4n) is 2.23. The van der Waals surface area contributed by atoms with Gasteiger partial charge in [-0.05, 0) is 50.6 Å². The molecular weight excluding hydrogens is 224 g/mol. The Hall–Kier alpha value is -1.48. The van der Waals surface area contributed by atoms with Crippen LogP contribution >= 0.6 is 0 Å². The Morgan fingerprint density at radius 2 is 2.06 bits per heavy atom. The van der Waals surface area contributed by atoms with E-state index in [1.807, 2.05) is 13.0 Å². The van der Waals surface area contributed by atoms with Crippen molar-refractivity contribution >= 4 is 10.9 Å². The van der Waals surface area contributed by atoms with Gasteiger partial charge in [-0.1, -0.05) is 6.42 Å². The van der Waals surface area contributed by atoms with Crippen LogP contribution in [0.4, 0.5) is 0 Å². The standard InChI is InChI=1S/C15H22N2O/c1-2-18-14-6-7-15-13(12-14)8-11-17(15)10-5-3-4-9-16/h6-8,11-12H,2-5,9-10,16H2,1H3. The van der Waals surface area contributed by atoms with Crippen molar-refractivity contribution in [3.63, 3.8) is 0 Å². The van der Waals surface area contributed by atoms with Gasteiger partial charge in [0, 0.05) is 23.6 Å². The Balaban J connectivity index is 2.06. The van der Waals surface area contributed by atoms with Gasteiger partial charge in [-0.25, -0.2) is 0 Å². The first-order valence-corrected chi connectivity index (χ1v) is 6.77. The molecule has 0 unspecified atom stereocenters. The predicted octanol–water partition coefficient (Wildman–Crippen LogP) is 3.17. The molecule has 18 heavy (non-hydrogen) atoms. The van der Waals surface area contributed by atoms with Gasteiger partial charge in [0.15, 0.2) is 0 Å². The van der Waals surface area contributed by atoms with Crippen LogP contribution < -0.4 is 10.5 Å².